The highest BCUT2D eigenvalue weighted by Crippen LogP contribution is 2.55. The van der Waals surface area contributed by atoms with Crippen LogP contribution in [0.3, 0.4) is 0 Å². The zero-order valence-electron chi connectivity index (χ0n) is 17.7. The quantitative estimate of drug-likeness (QED) is 0.324. The van der Waals surface area contributed by atoms with Gasteiger partial charge in [-0.2, -0.15) is 0 Å². The molecule has 0 aromatic heterocycles. The van der Waals surface area contributed by atoms with Gasteiger partial charge in [-0.15, -0.1) is 0 Å². The van der Waals surface area contributed by atoms with Crippen LogP contribution in [0.25, 0.3) is 17.2 Å². The molecule has 0 fully saturated rings. The SMILES string of the molecule is CCOC(=O)/C=C/c1cccc(C)c1-c1ccccc1P(=O)(C(C)C)C(C)C. The summed E-state index contributed by atoms with van der Waals surface area (Å²) in [5.74, 6) is -0.363. The number of esters is 1. The number of aryl methyl sites for hydroxylation is 1. The van der Waals surface area contributed by atoms with Crippen LogP contribution >= 0.6 is 7.14 Å². The van der Waals surface area contributed by atoms with Crippen molar-refractivity contribution < 1.29 is 14.1 Å². The second kappa shape index (κ2) is 9.39. The van der Waals surface area contributed by atoms with E-state index in [1.165, 1.54) is 6.08 Å². The molecule has 0 aliphatic rings. The summed E-state index contributed by atoms with van der Waals surface area (Å²) in [6, 6.07) is 14.0. The van der Waals surface area contributed by atoms with E-state index >= 15 is 0 Å². The summed E-state index contributed by atoms with van der Waals surface area (Å²) in [4.78, 5) is 11.8. The monoisotopic (exact) mass is 398 g/mol. The number of carbonyl (C=O) groups is 1. The highest BCUT2D eigenvalue weighted by molar-refractivity contribution is 7.73. The van der Waals surface area contributed by atoms with E-state index in [-0.39, 0.29) is 17.3 Å². The number of hydrogen-bond donors (Lipinski definition) is 0. The smallest absolute Gasteiger partial charge is 0.330 e. The molecule has 0 heterocycles. The summed E-state index contributed by atoms with van der Waals surface area (Å²) in [6.07, 6.45) is 3.24. The zero-order chi connectivity index (χ0) is 20.9. The Morgan fingerprint density at radius 2 is 1.68 bits per heavy atom. The molecular formula is C24H31O3P. The fourth-order valence-electron chi connectivity index (χ4n) is 3.69. The van der Waals surface area contributed by atoms with Crippen molar-refractivity contribution in [1.82, 2.24) is 0 Å². The van der Waals surface area contributed by atoms with Crippen molar-refractivity contribution in [3.05, 3.63) is 59.7 Å². The first-order valence-corrected chi connectivity index (χ1v) is 11.7. The fourth-order valence-corrected chi connectivity index (χ4v) is 6.88. The molecule has 2 aromatic rings. The van der Waals surface area contributed by atoms with Crippen molar-refractivity contribution >= 4 is 24.5 Å². The summed E-state index contributed by atoms with van der Waals surface area (Å²) in [5, 5.41) is 0.917. The lowest BCUT2D eigenvalue weighted by Gasteiger charge is -2.29. The summed E-state index contributed by atoms with van der Waals surface area (Å²) in [6.45, 7) is 12.3. The van der Waals surface area contributed by atoms with E-state index in [2.05, 4.69) is 0 Å². The van der Waals surface area contributed by atoms with E-state index in [9.17, 15) is 9.36 Å². The fraction of sp³-hybridized carbons (Fsp3) is 0.375. The Hall–Kier alpha value is -2.12. The molecule has 0 aliphatic carbocycles. The summed E-state index contributed by atoms with van der Waals surface area (Å²) in [7, 11) is -2.62. The molecule has 0 radical (unpaired) electrons. The molecular weight excluding hydrogens is 367 g/mol. The minimum Gasteiger partial charge on any atom is -0.463 e. The van der Waals surface area contributed by atoms with E-state index in [0.717, 1.165) is 27.6 Å². The van der Waals surface area contributed by atoms with Crippen LogP contribution in [0.1, 0.15) is 45.7 Å². The van der Waals surface area contributed by atoms with Crippen LogP contribution in [0.5, 0.6) is 0 Å². The van der Waals surface area contributed by atoms with E-state index in [1.807, 2.05) is 77.1 Å². The van der Waals surface area contributed by atoms with Crippen molar-refractivity contribution in [2.24, 2.45) is 0 Å². The molecule has 150 valence electrons. The first kappa shape index (κ1) is 22.2. The normalized spacial score (nSPS) is 12.1. The van der Waals surface area contributed by atoms with Gasteiger partial charge in [0.05, 0.1) is 6.61 Å². The third kappa shape index (κ3) is 4.47. The van der Waals surface area contributed by atoms with E-state index in [1.54, 1.807) is 13.0 Å². The van der Waals surface area contributed by atoms with Crippen molar-refractivity contribution in [1.29, 1.82) is 0 Å². The second-order valence-corrected chi connectivity index (χ2v) is 11.5. The highest BCUT2D eigenvalue weighted by Gasteiger charge is 2.34. The van der Waals surface area contributed by atoms with Gasteiger partial charge in [0.25, 0.3) is 0 Å². The van der Waals surface area contributed by atoms with Gasteiger partial charge < -0.3 is 9.30 Å². The van der Waals surface area contributed by atoms with Crippen LogP contribution in [0, 0.1) is 6.92 Å². The summed E-state index contributed by atoms with van der Waals surface area (Å²) >= 11 is 0. The predicted octanol–water partition coefficient (Wildman–Crippen LogP) is 6.04. The van der Waals surface area contributed by atoms with E-state index in [4.69, 9.17) is 4.74 Å². The predicted molar refractivity (Wildman–Crippen MR) is 120 cm³/mol. The molecule has 28 heavy (non-hydrogen) atoms. The van der Waals surface area contributed by atoms with Crippen LogP contribution in [0.4, 0.5) is 0 Å². The minimum absolute atomic E-state index is 0.0520. The molecule has 0 saturated heterocycles. The Kier molecular flexibility index (Phi) is 7.43. The number of carbonyl (C=O) groups excluding carboxylic acids is 1. The number of rotatable bonds is 7. The maximum atomic E-state index is 14.1. The molecule has 0 spiro atoms. The maximum Gasteiger partial charge on any atom is 0.330 e. The lowest BCUT2D eigenvalue weighted by Crippen LogP contribution is -2.21. The maximum absolute atomic E-state index is 14.1. The zero-order valence-corrected chi connectivity index (χ0v) is 18.6. The van der Waals surface area contributed by atoms with Gasteiger partial charge in [0.2, 0.25) is 0 Å². The van der Waals surface area contributed by atoms with Gasteiger partial charge in [-0.25, -0.2) is 4.79 Å². The average molecular weight is 398 g/mol. The first-order chi connectivity index (χ1) is 13.2. The Morgan fingerprint density at radius 3 is 2.29 bits per heavy atom. The van der Waals surface area contributed by atoms with Crippen LogP contribution in [0.15, 0.2) is 48.5 Å². The lowest BCUT2D eigenvalue weighted by molar-refractivity contribution is -0.137. The third-order valence-corrected chi connectivity index (χ3v) is 9.29. The average Bonchev–Trinajstić information content (AvgIpc) is 2.65. The molecule has 0 saturated carbocycles. The van der Waals surface area contributed by atoms with Gasteiger partial charge in [-0.3, -0.25) is 0 Å². The summed E-state index contributed by atoms with van der Waals surface area (Å²) < 4.78 is 19.1. The molecule has 0 N–H and O–H groups in total. The molecule has 2 aromatic carbocycles. The van der Waals surface area contributed by atoms with Gasteiger partial charge in [0.1, 0.15) is 7.14 Å². The molecule has 0 atom stereocenters. The topological polar surface area (TPSA) is 43.4 Å². The Balaban J connectivity index is 2.71. The Morgan fingerprint density at radius 1 is 1.04 bits per heavy atom. The van der Waals surface area contributed by atoms with E-state index in [0.29, 0.717) is 6.61 Å². The van der Waals surface area contributed by atoms with Gasteiger partial charge >= 0.3 is 5.97 Å². The number of ether oxygens (including phenoxy) is 1. The Labute approximate surface area is 169 Å². The molecule has 0 amide bonds. The van der Waals surface area contributed by atoms with Crippen molar-refractivity contribution in [3.63, 3.8) is 0 Å². The minimum atomic E-state index is -2.62. The van der Waals surface area contributed by atoms with Gasteiger partial charge in [0.15, 0.2) is 0 Å². The third-order valence-electron chi connectivity index (χ3n) is 5.07. The number of hydrogen-bond acceptors (Lipinski definition) is 3. The molecule has 2 rings (SSSR count). The second-order valence-electron chi connectivity index (χ2n) is 7.54. The van der Waals surface area contributed by atoms with E-state index < -0.39 is 7.14 Å². The molecule has 0 aliphatic heterocycles. The molecule has 3 nitrogen and oxygen atoms in total. The van der Waals surface area contributed by atoms with Crippen LogP contribution in [-0.2, 0) is 14.1 Å². The van der Waals surface area contributed by atoms with Gasteiger partial charge in [0, 0.05) is 22.7 Å². The number of benzene rings is 2. The van der Waals surface area contributed by atoms with Crippen molar-refractivity contribution in [2.75, 3.05) is 6.61 Å². The molecule has 4 heteroatoms. The summed E-state index contributed by atoms with van der Waals surface area (Å²) in [5.41, 5.74) is 4.10. The lowest BCUT2D eigenvalue weighted by atomic mass is 9.94. The Bertz CT molecular complexity index is 898. The van der Waals surface area contributed by atoms with Gasteiger partial charge in [-0.05, 0) is 42.2 Å². The van der Waals surface area contributed by atoms with Crippen LogP contribution in [0.2, 0.25) is 0 Å². The standard InChI is InChI=1S/C24H31O3P/c1-7-27-23(25)16-15-20-12-10-11-19(6)24(20)21-13-8-9-14-22(21)28(26,17(2)3)18(4)5/h8-18H,7H2,1-6H3/b16-15+. The van der Waals surface area contributed by atoms with Crippen molar-refractivity contribution in [3.8, 4) is 11.1 Å². The highest BCUT2D eigenvalue weighted by atomic mass is 31.2. The molecule has 0 unspecified atom stereocenters. The van der Waals surface area contributed by atoms with Crippen LogP contribution < -0.4 is 5.30 Å². The first-order valence-electron chi connectivity index (χ1n) is 9.87. The largest absolute Gasteiger partial charge is 0.463 e. The molecule has 0 bridgehead atoms. The van der Waals surface area contributed by atoms with Gasteiger partial charge in [-0.1, -0.05) is 70.2 Å². The van der Waals surface area contributed by atoms with Crippen LogP contribution in [-0.4, -0.2) is 23.9 Å². The van der Waals surface area contributed by atoms with Crippen molar-refractivity contribution in [2.45, 2.75) is 52.9 Å².